The molecule has 12 heteroatoms. The van der Waals surface area contributed by atoms with Crippen LogP contribution in [0.15, 0.2) is 48.9 Å². The molecule has 0 aliphatic carbocycles. The molecule has 1 amide bonds. The fourth-order valence-corrected chi connectivity index (χ4v) is 3.04. The molecule has 0 aliphatic rings. The Kier molecular flexibility index (Phi) is 7.05. The number of halogens is 3. The van der Waals surface area contributed by atoms with Gasteiger partial charge in [0.1, 0.15) is 5.82 Å². The Bertz CT molecular complexity index is 1050. The third-order valence-corrected chi connectivity index (χ3v) is 4.58. The van der Waals surface area contributed by atoms with Crippen LogP contribution in [0.4, 0.5) is 13.2 Å². The zero-order valence-corrected chi connectivity index (χ0v) is 16.0. The van der Waals surface area contributed by atoms with Crippen molar-refractivity contribution in [3.05, 3.63) is 65.9 Å². The van der Waals surface area contributed by atoms with Gasteiger partial charge >= 0.3 is 13.7 Å². The standard InChI is InChI=1S/C19H18BF3N4O4/c21-15-7-11(1-3-14(15)18(24)28)13-9-26-27(10-13)16(5-6-31-19(22)23)12-2-4-17(20(29)30)25-8-12/h1-4,7-10,16,19,29-30H,5-6H2,(H2,24,28). The SMILES string of the molecule is NC(=O)c1ccc(-c2cnn(C(CCOC(F)F)c3ccc(B(O)O)nc3)c2)cc1F. The van der Waals surface area contributed by atoms with E-state index in [0.717, 1.165) is 6.07 Å². The van der Waals surface area contributed by atoms with Crippen molar-refractivity contribution in [3.8, 4) is 11.1 Å². The number of benzene rings is 1. The van der Waals surface area contributed by atoms with E-state index < -0.39 is 31.5 Å². The van der Waals surface area contributed by atoms with Crippen molar-refractivity contribution in [2.24, 2.45) is 5.73 Å². The predicted octanol–water partition coefficient (Wildman–Crippen LogP) is 1.08. The number of carbonyl (C=O) groups excluding carboxylic acids is 1. The van der Waals surface area contributed by atoms with Crippen molar-refractivity contribution in [1.82, 2.24) is 14.8 Å². The predicted molar refractivity (Wildman–Crippen MR) is 105 cm³/mol. The molecule has 31 heavy (non-hydrogen) atoms. The van der Waals surface area contributed by atoms with Gasteiger partial charge in [-0.25, -0.2) is 4.39 Å². The number of alkyl halides is 2. The monoisotopic (exact) mass is 434 g/mol. The van der Waals surface area contributed by atoms with Crippen molar-refractivity contribution < 1.29 is 32.8 Å². The summed E-state index contributed by atoms with van der Waals surface area (Å²) in [6.45, 7) is -3.20. The molecule has 0 spiro atoms. The molecule has 3 aromatic rings. The van der Waals surface area contributed by atoms with E-state index >= 15 is 0 Å². The lowest BCUT2D eigenvalue weighted by Crippen LogP contribution is -2.32. The van der Waals surface area contributed by atoms with Crippen LogP contribution in [-0.4, -0.2) is 51.1 Å². The van der Waals surface area contributed by atoms with Crippen molar-refractivity contribution >= 4 is 18.6 Å². The molecule has 0 saturated carbocycles. The molecule has 2 heterocycles. The van der Waals surface area contributed by atoms with Crippen LogP contribution in [0.1, 0.15) is 28.4 Å². The van der Waals surface area contributed by atoms with Gasteiger partial charge in [-0.1, -0.05) is 12.1 Å². The average molecular weight is 434 g/mol. The van der Waals surface area contributed by atoms with E-state index in [-0.39, 0.29) is 24.2 Å². The largest absolute Gasteiger partial charge is 0.508 e. The van der Waals surface area contributed by atoms with Gasteiger partial charge in [-0.05, 0) is 35.7 Å². The molecule has 0 radical (unpaired) electrons. The number of hydrogen-bond acceptors (Lipinski definition) is 6. The van der Waals surface area contributed by atoms with Crippen LogP contribution in [0.25, 0.3) is 11.1 Å². The van der Waals surface area contributed by atoms with Gasteiger partial charge in [0.15, 0.2) is 0 Å². The van der Waals surface area contributed by atoms with Crippen LogP contribution in [-0.2, 0) is 4.74 Å². The van der Waals surface area contributed by atoms with Gasteiger partial charge in [-0.15, -0.1) is 0 Å². The molecule has 2 aromatic heterocycles. The summed E-state index contributed by atoms with van der Waals surface area (Å²) < 4.78 is 44.7. The van der Waals surface area contributed by atoms with Crippen molar-refractivity contribution in [2.75, 3.05) is 6.61 Å². The number of ether oxygens (including phenoxy) is 1. The molecule has 0 aliphatic heterocycles. The maximum atomic E-state index is 14.1. The minimum atomic E-state index is -2.93. The van der Waals surface area contributed by atoms with Gasteiger partial charge in [-0.3, -0.25) is 14.5 Å². The average Bonchev–Trinajstić information content (AvgIpc) is 3.20. The highest BCUT2D eigenvalue weighted by Crippen LogP contribution is 2.26. The lowest BCUT2D eigenvalue weighted by atomic mass is 9.85. The van der Waals surface area contributed by atoms with E-state index in [9.17, 15) is 28.0 Å². The normalized spacial score (nSPS) is 12.2. The molecular formula is C19H18BF3N4O4. The van der Waals surface area contributed by atoms with Crippen LogP contribution in [0, 0.1) is 5.82 Å². The first-order chi connectivity index (χ1) is 14.8. The molecule has 162 valence electrons. The minimum absolute atomic E-state index is 0.0255. The minimum Gasteiger partial charge on any atom is -0.422 e. The van der Waals surface area contributed by atoms with Crippen molar-refractivity contribution in [1.29, 1.82) is 0 Å². The second-order valence-corrected chi connectivity index (χ2v) is 6.59. The molecule has 0 saturated heterocycles. The quantitative estimate of drug-likeness (QED) is 0.433. The summed E-state index contributed by atoms with van der Waals surface area (Å²) in [6, 6.07) is 6.31. The van der Waals surface area contributed by atoms with E-state index in [0.29, 0.717) is 16.7 Å². The van der Waals surface area contributed by atoms with Gasteiger partial charge in [-0.2, -0.15) is 13.9 Å². The van der Waals surface area contributed by atoms with Gasteiger partial charge in [0, 0.05) is 18.0 Å². The molecule has 8 nitrogen and oxygen atoms in total. The number of pyridine rings is 1. The van der Waals surface area contributed by atoms with Gasteiger partial charge in [0.2, 0.25) is 0 Å². The Labute approximate surface area is 175 Å². The molecule has 3 rings (SSSR count). The first-order valence-electron chi connectivity index (χ1n) is 9.12. The number of aromatic nitrogens is 3. The summed E-state index contributed by atoms with van der Waals surface area (Å²) in [5, 5.41) is 22.6. The highest BCUT2D eigenvalue weighted by atomic mass is 19.3. The Morgan fingerprint density at radius 3 is 2.55 bits per heavy atom. The van der Waals surface area contributed by atoms with Crippen LogP contribution >= 0.6 is 0 Å². The highest BCUT2D eigenvalue weighted by molar-refractivity contribution is 6.57. The fourth-order valence-electron chi connectivity index (χ4n) is 3.04. The number of hydrogen-bond donors (Lipinski definition) is 3. The van der Waals surface area contributed by atoms with E-state index in [1.165, 1.54) is 35.3 Å². The van der Waals surface area contributed by atoms with E-state index in [2.05, 4.69) is 14.8 Å². The molecule has 1 aromatic carbocycles. The second-order valence-electron chi connectivity index (χ2n) is 6.59. The number of carbonyl (C=O) groups is 1. The molecular weight excluding hydrogens is 416 g/mol. The number of amides is 1. The van der Waals surface area contributed by atoms with Gasteiger partial charge in [0.05, 0.1) is 30.0 Å². The van der Waals surface area contributed by atoms with Crippen molar-refractivity contribution in [2.45, 2.75) is 19.1 Å². The maximum absolute atomic E-state index is 14.1. The fraction of sp³-hybridized carbons (Fsp3) is 0.211. The lowest BCUT2D eigenvalue weighted by Gasteiger charge is -2.18. The summed E-state index contributed by atoms with van der Waals surface area (Å²) >= 11 is 0. The molecule has 0 bridgehead atoms. The smallest absolute Gasteiger partial charge is 0.422 e. The third kappa shape index (κ3) is 5.48. The van der Waals surface area contributed by atoms with Crippen molar-refractivity contribution in [3.63, 3.8) is 0 Å². The maximum Gasteiger partial charge on any atom is 0.508 e. The summed E-state index contributed by atoms with van der Waals surface area (Å²) in [7, 11) is -1.75. The molecule has 1 unspecified atom stereocenters. The molecule has 1 atom stereocenters. The molecule has 0 fully saturated rings. The summed E-state index contributed by atoms with van der Waals surface area (Å²) in [4.78, 5) is 15.1. The molecule has 4 N–H and O–H groups in total. The zero-order chi connectivity index (χ0) is 22.5. The summed E-state index contributed by atoms with van der Waals surface area (Å²) in [6.07, 6.45) is 4.53. The van der Waals surface area contributed by atoms with Crippen LogP contribution in [0.5, 0.6) is 0 Å². The Balaban J connectivity index is 1.90. The zero-order valence-electron chi connectivity index (χ0n) is 16.0. The summed E-state index contributed by atoms with van der Waals surface area (Å²) in [5.74, 6) is -1.66. The Morgan fingerprint density at radius 2 is 1.97 bits per heavy atom. The van der Waals surface area contributed by atoms with E-state index in [4.69, 9.17) is 5.73 Å². The Hall–Kier alpha value is -3.22. The highest BCUT2D eigenvalue weighted by Gasteiger charge is 2.20. The third-order valence-electron chi connectivity index (χ3n) is 4.58. The first-order valence-corrected chi connectivity index (χ1v) is 9.12. The van der Waals surface area contributed by atoms with Crippen LogP contribution in [0.3, 0.4) is 0 Å². The number of primary amides is 1. The van der Waals surface area contributed by atoms with Gasteiger partial charge < -0.3 is 20.5 Å². The van der Waals surface area contributed by atoms with Crippen LogP contribution < -0.4 is 11.3 Å². The lowest BCUT2D eigenvalue weighted by molar-refractivity contribution is -0.130. The number of rotatable bonds is 9. The number of nitrogens with zero attached hydrogens (tertiary/aromatic N) is 3. The van der Waals surface area contributed by atoms with E-state index in [1.54, 1.807) is 12.3 Å². The topological polar surface area (TPSA) is 123 Å². The van der Waals surface area contributed by atoms with Crippen LogP contribution in [0.2, 0.25) is 0 Å². The van der Waals surface area contributed by atoms with E-state index in [1.807, 2.05) is 0 Å². The number of nitrogens with two attached hydrogens (primary N) is 1. The Morgan fingerprint density at radius 1 is 1.19 bits per heavy atom. The summed E-state index contributed by atoms with van der Waals surface area (Å²) in [5.41, 5.74) is 6.41. The van der Waals surface area contributed by atoms with Gasteiger partial charge in [0.25, 0.3) is 5.91 Å². The second kappa shape index (κ2) is 9.73. The first kappa shape index (κ1) is 22.5.